The van der Waals surface area contributed by atoms with Crippen molar-refractivity contribution in [2.75, 3.05) is 26.9 Å². The normalized spacial score (nSPS) is 16.4. The quantitative estimate of drug-likeness (QED) is 0.827. The van der Waals surface area contributed by atoms with Gasteiger partial charge >= 0.3 is 0 Å². The summed E-state index contributed by atoms with van der Waals surface area (Å²) in [6.07, 6.45) is 4.30. The van der Waals surface area contributed by atoms with Gasteiger partial charge < -0.3 is 23.7 Å². The number of nitrogens with zero attached hydrogens (tertiary/aromatic N) is 2. The molecule has 0 unspecified atom stereocenters. The van der Waals surface area contributed by atoms with Crippen LogP contribution in [0.2, 0.25) is 0 Å². The van der Waals surface area contributed by atoms with Gasteiger partial charge in [-0.3, -0.25) is 9.59 Å². The highest BCUT2D eigenvalue weighted by atomic mass is 16.7. The molecule has 0 spiro atoms. The van der Waals surface area contributed by atoms with Crippen LogP contribution in [-0.4, -0.2) is 48.5 Å². The summed E-state index contributed by atoms with van der Waals surface area (Å²) in [6.45, 7) is 1.92. The van der Waals surface area contributed by atoms with Gasteiger partial charge in [-0.15, -0.1) is 0 Å². The van der Waals surface area contributed by atoms with Crippen LogP contribution in [0.25, 0.3) is 0 Å². The van der Waals surface area contributed by atoms with Crippen LogP contribution in [-0.2, 0) is 11.3 Å². The van der Waals surface area contributed by atoms with Crippen LogP contribution in [0.1, 0.15) is 28.8 Å². The molecule has 2 aliphatic rings. The number of hydrogen-bond acceptors (Lipinski definition) is 5. The van der Waals surface area contributed by atoms with E-state index in [1.165, 1.54) is 12.5 Å². The summed E-state index contributed by atoms with van der Waals surface area (Å²) in [5.74, 6) is 1.48. The van der Waals surface area contributed by atoms with Gasteiger partial charge in [-0.1, -0.05) is 6.07 Å². The first-order valence-corrected chi connectivity index (χ1v) is 9.07. The van der Waals surface area contributed by atoms with Crippen molar-refractivity contribution in [1.29, 1.82) is 0 Å². The Morgan fingerprint density at radius 1 is 1.15 bits per heavy atom. The van der Waals surface area contributed by atoms with Crippen molar-refractivity contribution in [3.63, 3.8) is 0 Å². The Morgan fingerprint density at radius 2 is 1.93 bits per heavy atom. The number of furan rings is 1. The van der Waals surface area contributed by atoms with Crippen molar-refractivity contribution in [2.45, 2.75) is 19.4 Å². The van der Waals surface area contributed by atoms with Crippen molar-refractivity contribution in [3.05, 3.63) is 47.9 Å². The number of piperidine rings is 1. The molecule has 1 aromatic carbocycles. The molecule has 2 aliphatic heterocycles. The highest BCUT2D eigenvalue weighted by Gasteiger charge is 2.30. The molecule has 7 heteroatoms. The number of carbonyl (C=O) groups is 2. The van der Waals surface area contributed by atoms with E-state index >= 15 is 0 Å². The smallest absolute Gasteiger partial charge is 0.257 e. The first kappa shape index (κ1) is 17.5. The van der Waals surface area contributed by atoms with Crippen molar-refractivity contribution >= 4 is 11.8 Å². The standard InChI is InChI=1S/C20H22N2O5/c1-21(11-14-2-3-17-18(10-14)27-13-26-17)19(23)15-4-7-22(8-5-15)20(24)16-6-9-25-12-16/h2-3,6,9-10,12,15H,4-5,7-8,11,13H2,1H3. The second kappa shape index (κ2) is 7.34. The number of carbonyl (C=O) groups excluding carboxylic acids is 2. The molecular formula is C20H22N2O5. The molecule has 1 saturated heterocycles. The van der Waals surface area contributed by atoms with Gasteiger partial charge in [0.25, 0.3) is 5.91 Å². The average molecular weight is 370 g/mol. The number of hydrogen-bond donors (Lipinski definition) is 0. The third kappa shape index (κ3) is 3.63. The number of amides is 2. The lowest BCUT2D eigenvalue weighted by atomic mass is 9.95. The lowest BCUT2D eigenvalue weighted by molar-refractivity contribution is -0.136. The fourth-order valence-corrected chi connectivity index (χ4v) is 3.60. The summed E-state index contributed by atoms with van der Waals surface area (Å²) < 4.78 is 15.7. The fraction of sp³-hybridized carbons (Fsp3) is 0.400. The lowest BCUT2D eigenvalue weighted by Crippen LogP contribution is -2.43. The van der Waals surface area contributed by atoms with Crippen LogP contribution in [0.4, 0.5) is 0 Å². The number of likely N-dealkylation sites (tertiary alicyclic amines) is 1. The summed E-state index contributed by atoms with van der Waals surface area (Å²) in [6, 6.07) is 7.40. The van der Waals surface area contributed by atoms with Gasteiger partial charge in [0, 0.05) is 32.6 Å². The zero-order chi connectivity index (χ0) is 18.8. The maximum atomic E-state index is 12.8. The van der Waals surface area contributed by atoms with Crippen LogP contribution >= 0.6 is 0 Å². The monoisotopic (exact) mass is 370 g/mol. The van der Waals surface area contributed by atoms with E-state index in [0.717, 1.165) is 17.1 Å². The van der Waals surface area contributed by atoms with Gasteiger partial charge in [0.1, 0.15) is 6.26 Å². The van der Waals surface area contributed by atoms with Crippen LogP contribution in [0.3, 0.4) is 0 Å². The molecular weight excluding hydrogens is 348 g/mol. The largest absolute Gasteiger partial charge is 0.472 e. The SMILES string of the molecule is CN(Cc1ccc2c(c1)OCO2)C(=O)C1CCN(C(=O)c2ccoc2)CC1. The molecule has 3 heterocycles. The van der Waals surface area contributed by atoms with E-state index < -0.39 is 0 Å². The topological polar surface area (TPSA) is 72.2 Å². The third-order valence-electron chi connectivity index (χ3n) is 5.13. The van der Waals surface area contributed by atoms with Crippen molar-refractivity contribution in [2.24, 2.45) is 5.92 Å². The molecule has 2 aromatic rings. The Hall–Kier alpha value is -2.96. The molecule has 0 saturated carbocycles. The van der Waals surface area contributed by atoms with Crippen molar-refractivity contribution < 1.29 is 23.5 Å². The predicted octanol–water partition coefficient (Wildman–Crippen LogP) is 2.52. The van der Waals surface area contributed by atoms with Gasteiger partial charge in [-0.05, 0) is 36.6 Å². The molecule has 4 rings (SSSR count). The first-order chi connectivity index (χ1) is 13.1. The molecule has 0 N–H and O–H groups in total. The second-order valence-electron chi connectivity index (χ2n) is 6.96. The molecule has 0 radical (unpaired) electrons. The molecule has 0 aliphatic carbocycles. The van der Waals surface area contributed by atoms with Crippen molar-refractivity contribution in [1.82, 2.24) is 9.80 Å². The third-order valence-corrected chi connectivity index (χ3v) is 5.13. The Morgan fingerprint density at radius 3 is 2.67 bits per heavy atom. The van der Waals surface area contributed by atoms with E-state index in [1.807, 2.05) is 25.2 Å². The number of fused-ring (bicyclic) bond motifs is 1. The second-order valence-corrected chi connectivity index (χ2v) is 6.96. The number of ether oxygens (including phenoxy) is 2. The van der Waals surface area contributed by atoms with Crippen LogP contribution < -0.4 is 9.47 Å². The van der Waals surface area contributed by atoms with Gasteiger partial charge in [0.15, 0.2) is 11.5 Å². The Kier molecular flexibility index (Phi) is 4.75. The minimum Gasteiger partial charge on any atom is -0.472 e. The first-order valence-electron chi connectivity index (χ1n) is 9.07. The van der Waals surface area contributed by atoms with Gasteiger partial charge in [0.05, 0.1) is 11.8 Å². The highest BCUT2D eigenvalue weighted by molar-refractivity contribution is 5.94. The molecule has 27 heavy (non-hydrogen) atoms. The number of benzene rings is 1. The molecule has 2 amide bonds. The van der Waals surface area contributed by atoms with Crippen LogP contribution in [0.15, 0.2) is 41.2 Å². The molecule has 1 aromatic heterocycles. The number of rotatable bonds is 4. The van der Waals surface area contributed by atoms with E-state index in [1.54, 1.807) is 15.9 Å². The van der Waals surface area contributed by atoms with Gasteiger partial charge in [-0.2, -0.15) is 0 Å². The van der Waals surface area contributed by atoms with E-state index in [2.05, 4.69) is 0 Å². The lowest BCUT2D eigenvalue weighted by Gasteiger charge is -2.33. The summed E-state index contributed by atoms with van der Waals surface area (Å²) in [5.41, 5.74) is 1.56. The maximum Gasteiger partial charge on any atom is 0.257 e. The van der Waals surface area contributed by atoms with Gasteiger partial charge in [-0.25, -0.2) is 0 Å². The Labute approximate surface area is 157 Å². The van der Waals surface area contributed by atoms with Gasteiger partial charge in [0.2, 0.25) is 12.7 Å². The van der Waals surface area contributed by atoms with E-state index in [-0.39, 0.29) is 24.5 Å². The van der Waals surface area contributed by atoms with E-state index in [9.17, 15) is 9.59 Å². The molecule has 0 bridgehead atoms. The zero-order valence-corrected chi connectivity index (χ0v) is 15.2. The Bertz CT molecular complexity index is 825. The fourth-order valence-electron chi connectivity index (χ4n) is 3.60. The zero-order valence-electron chi connectivity index (χ0n) is 15.2. The van der Waals surface area contributed by atoms with Crippen molar-refractivity contribution in [3.8, 4) is 11.5 Å². The summed E-state index contributed by atoms with van der Waals surface area (Å²) in [5, 5.41) is 0. The minimum atomic E-state index is -0.0580. The minimum absolute atomic E-state index is 0.0386. The molecule has 1 fully saturated rings. The van der Waals surface area contributed by atoms with Crippen LogP contribution in [0.5, 0.6) is 11.5 Å². The molecule has 7 nitrogen and oxygen atoms in total. The summed E-state index contributed by atoms with van der Waals surface area (Å²) in [7, 11) is 1.82. The maximum absolute atomic E-state index is 12.8. The average Bonchev–Trinajstić information content (AvgIpc) is 3.38. The van der Waals surface area contributed by atoms with E-state index in [4.69, 9.17) is 13.9 Å². The van der Waals surface area contributed by atoms with E-state index in [0.29, 0.717) is 38.0 Å². The molecule has 142 valence electrons. The van der Waals surface area contributed by atoms with Crippen LogP contribution in [0, 0.1) is 5.92 Å². The summed E-state index contributed by atoms with van der Waals surface area (Å²) in [4.78, 5) is 28.7. The predicted molar refractivity (Wildman–Crippen MR) is 96.4 cm³/mol. The Balaban J connectivity index is 1.31. The molecule has 0 atom stereocenters. The summed E-state index contributed by atoms with van der Waals surface area (Å²) >= 11 is 0. The highest BCUT2D eigenvalue weighted by Crippen LogP contribution is 2.33.